The Morgan fingerprint density at radius 1 is 1.27 bits per heavy atom. The molecule has 0 saturated heterocycles. The third kappa shape index (κ3) is 4.83. The highest BCUT2D eigenvalue weighted by atomic mass is 32.2. The first-order valence-electron chi connectivity index (χ1n) is 6.74. The molecule has 0 bridgehead atoms. The Bertz CT molecular complexity index is 678. The van der Waals surface area contributed by atoms with E-state index in [4.69, 9.17) is 10.00 Å². The van der Waals surface area contributed by atoms with Crippen molar-refractivity contribution in [1.82, 2.24) is 0 Å². The fourth-order valence-corrected chi connectivity index (χ4v) is 2.58. The zero-order valence-corrected chi connectivity index (χ0v) is 13.0. The summed E-state index contributed by atoms with van der Waals surface area (Å²) in [6, 6.07) is 17.0. The molecule has 0 atom stereocenters. The van der Waals surface area contributed by atoms with Crippen LogP contribution in [0.15, 0.2) is 53.4 Å². The van der Waals surface area contributed by atoms with E-state index in [-0.39, 0.29) is 5.91 Å². The molecule has 0 spiro atoms. The zero-order chi connectivity index (χ0) is 15.8. The van der Waals surface area contributed by atoms with E-state index in [9.17, 15) is 4.79 Å². The summed E-state index contributed by atoms with van der Waals surface area (Å²) >= 11 is 1.45. The van der Waals surface area contributed by atoms with Gasteiger partial charge in [-0.25, -0.2) is 0 Å². The molecule has 0 aliphatic heterocycles. The summed E-state index contributed by atoms with van der Waals surface area (Å²) < 4.78 is 5.15. The summed E-state index contributed by atoms with van der Waals surface area (Å²) in [5.74, 6) is 1.03. The number of nitrogens with one attached hydrogen (secondary N) is 1. The number of hydrogen-bond acceptors (Lipinski definition) is 4. The van der Waals surface area contributed by atoms with Gasteiger partial charge in [0, 0.05) is 10.6 Å². The van der Waals surface area contributed by atoms with Gasteiger partial charge >= 0.3 is 0 Å². The number of benzene rings is 2. The molecule has 2 rings (SSSR count). The molecule has 0 aliphatic rings. The Morgan fingerprint density at radius 2 is 2.05 bits per heavy atom. The number of nitrogens with zero attached hydrogens (tertiary/aromatic N) is 1. The predicted octanol–water partition coefficient (Wildman–Crippen LogP) is 3.49. The standard InChI is InChI=1S/C17H16N2O2S/c1-21-15-3-2-4-16(11-15)22-12-17(20)19-14-7-5-13(6-8-14)9-10-18/h2-8,11H,9,12H2,1H3,(H,19,20). The number of methoxy groups -OCH3 is 1. The second-order valence-corrected chi connectivity index (χ2v) is 5.60. The lowest BCUT2D eigenvalue weighted by Gasteiger charge is -2.06. The first-order chi connectivity index (χ1) is 10.7. The normalized spacial score (nSPS) is 9.82. The SMILES string of the molecule is COc1cccc(SCC(=O)Nc2ccc(CC#N)cc2)c1. The molecule has 112 valence electrons. The summed E-state index contributed by atoms with van der Waals surface area (Å²) in [6.45, 7) is 0. The van der Waals surface area contributed by atoms with Crippen LogP contribution in [0.5, 0.6) is 5.75 Å². The minimum Gasteiger partial charge on any atom is -0.497 e. The summed E-state index contributed by atoms with van der Waals surface area (Å²) in [4.78, 5) is 12.9. The van der Waals surface area contributed by atoms with Crippen LogP contribution in [0.3, 0.4) is 0 Å². The van der Waals surface area contributed by atoms with Gasteiger partial charge in [-0.1, -0.05) is 18.2 Å². The number of amides is 1. The van der Waals surface area contributed by atoms with Crippen LogP contribution >= 0.6 is 11.8 Å². The Kier molecular flexibility index (Phi) is 5.87. The molecule has 0 fully saturated rings. The molecular weight excluding hydrogens is 296 g/mol. The van der Waals surface area contributed by atoms with Crippen LogP contribution in [0.2, 0.25) is 0 Å². The molecule has 0 unspecified atom stereocenters. The quantitative estimate of drug-likeness (QED) is 0.829. The fourth-order valence-electron chi connectivity index (χ4n) is 1.83. The molecular formula is C17H16N2O2S. The number of carbonyl (C=O) groups is 1. The van der Waals surface area contributed by atoms with Crippen molar-refractivity contribution in [3.8, 4) is 11.8 Å². The highest BCUT2D eigenvalue weighted by Crippen LogP contribution is 2.23. The maximum atomic E-state index is 11.9. The lowest BCUT2D eigenvalue weighted by atomic mass is 10.1. The molecule has 1 amide bonds. The Balaban J connectivity index is 1.86. The summed E-state index contributed by atoms with van der Waals surface area (Å²) in [7, 11) is 1.62. The highest BCUT2D eigenvalue weighted by molar-refractivity contribution is 8.00. The molecule has 0 aliphatic carbocycles. The van der Waals surface area contributed by atoms with Gasteiger partial charge in [-0.15, -0.1) is 11.8 Å². The Labute approximate surface area is 134 Å². The van der Waals surface area contributed by atoms with E-state index in [1.54, 1.807) is 19.2 Å². The molecule has 5 heteroatoms. The Hall–Kier alpha value is -2.45. The topological polar surface area (TPSA) is 62.1 Å². The molecule has 0 saturated carbocycles. The van der Waals surface area contributed by atoms with E-state index < -0.39 is 0 Å². The third-order valence-electron chi connectivity index (χ3n) is 2.93. The van der Waals surface area contributed by atoms with Crippen molar-refractivity contribution in [2.45, 2.75) is 11.3 Å². The fraction of sp³-hybridized carbons (Fsp3) is 0.176. The lowest BCUT2D eigenvalue weighted by molar-refractivity contribution is -0.113. The number of rotatable bonds is 6. The number of hydrogen-bond donors (Lipinski definition) is 1. The summed E-state index contributed by atoms with van der Waals surface area (Å²) in [5.41, 5.74) is 1.67. The van der Waals surface area contributed by atoms with Gasteiger partial charge in [0.2, 0.25) is 5.91 Å². The molecule has 4 nitrogen and oxygen atoms in total. The van der Waals surface area contributed by atoms with Crippen molar-refractivity contribution < 1.29 is 9.53 Å². The van der Waals surface area contributed by atoms with E-state index in [0.29, 0.717) is 12.2 Å². The number of carbonyl (C=O) groups excluding carboxylic acids is 1. The number of nitriles is 1. The van der Waals surface area contributed by atoms with Gasteiger partial charge < -0.3 is 10.1 Å². The van der Waals surface area contributed by atoms with Crippen LogP contribution in [0, 0.1) is 11.3 Å². The van der Waals surface area contributed by atoms with Gasteiger partial charge in [0.1, 0.15) is 5.75 Å². The second-order valence-electron chi connectivity index (χ2n) is 4.55. The Morgan fingerprint density at radius 3 is 2.73 bits per heavy atom. The number of anilines is 1. The first kappa shape index (κ1) is 15.9. The highest BCUT2D eigenvalue weighted by Gasteiger charge is 2.04. The van der Waals surface area contributed by atoms with Crippen LogP contribution in [-0.2, 0) is 11.2 Å². The largest absolute Gasteiger partial charge is 0.497 e. The van der Waals surface area contributed by atoms with E-state index >= 15 is 0 Å². The predicted molar refractivity (Wildman–Crippen MR) is 88.1 cm³/mol. The summed E-state index contributed by atoms with van der Waals surface area (Å²) in [5, 5.41) is 11.5. The van der Waals surface area contributed by atoms with Crippen molar-refractivity contribution in [3.05, 3.63) is 54.1 Å². The lowest BCUT2D eigenvalue weighted by Crippen LogP contribution is -2.13. The third-order valence-corrected chi connectivity index (χ3v) is 3.93. The van der Waals surface area contributed by atoms with Crippen LogP contribution in [0.4, 0.5) is 5.69 Å². The maximum absolute atomic E-state index is 11.9. The van der Waals surface area contributed by atoms with Crippen LogP contribution in [-0.4, -0.2) is 18.8 Å². The number of ether oxygens (including phenoxy) is 1. The molecule has 22 heavy (non-hydrogen) atoms. The van der Waals surface area contributed by atoms with E-state index in [0.717, 1.165) is 21.9 Å². The molecule has 0 heterocycles. The van der Waals surface area contributed by atoms with Crippen molar-refractivity contribution in [2.24, 2.45) is 0 Å². The summed E-state index contributed by atoms with van der Waals surface area (Å²) in [6.07, 6.45) is 0.375. The average molecular weight is 312 g/mol. The molecule has 2 aromatic rings. The van der Waals surface area contributed by atoms with Crippen LogP contribution in [0.25, 0.3) is 0 Å². The van der Waals surface area contributed by atoms with Gasteiger partial charge in [-0.2, -0.15) is 5.26 Å². The molecule has 0 radical (unpaired) electrons. The minimum atomic E-state index is -0.0687. The second kappa shape index (κ2) is 8.11. The van der Waals surface area contributed by atoms with Gasteiger partial charge in [0.15, 0.2) is 0 Å². The smallest absolute Gasteiger partial charge is 0.234 e. The van der Waals surface area contributed by atoms with Crippen molar-refractivity contribution in [3.63, 3.8) is 0 Å². The monoisotopic (exact) mass is 312 g/mol. The van der Waals surface area contributed by atoms with E-state index in [1.807, 2.05) is 36.4 Å². The van der Waals surface area contributed by atoms with E-state index in [2.05, 4.69) is 11.4 Å². The zero-order valence-electron chi connectivity index (χ0n) is 12.2. The molecule has 0 aromatic heterocycles. The van der Waals surface area contributed by atoms with Crippen LogP contribution in [0.1, 0.15) is 5.56 Å². The molecule has 2 aromatic carbocycles. The van der Waals surface area contributed by atoms with Crippen molar-refractivity contribution in [1.29, 1.82) is 5.26 Å². The van der Waals surface area contributed by atoms with Gasteiger partial charge in [-0.05, 0) is 35.9 Å². The van der Waals surface area contributed by atoms with Gasteiger partial charge in [0.25, 0.3) is 0 Å². The number of thioether (sulfide) groups is 1. The van der Waals surface area contributed by atoms with E-state index in [1.165, 1.54) is 11.8 Å². The van der Waals surface area contributed by atoms with Gasteiger partial charge in [0.05, 0.1) is 25.4 Å². The first-order valence-corrected chi connectivity index (χ1v) is 7.72. The van der Waals surface area contributed by atoms with Crippen molar-refractivity contribution in [2.75, 3.05) is 18.2 Å². The maximum Gasteiger partial charge on any atom is 0.234 e. The van der Waals surface area contributed by atoms with Gasteiger partial charge in [-0.3, -0.25) is 4.79 Å². The molecule has 1 N–H and O–H groups in total. The average Bonchev–Trinajstić information content (AvgIpc) is 2.55. The van der Waals surface area contributed by atoms with Crippen LogP contribution < -0.4 is 10.1 Å². The minimum absolute atomic E-state index is 0.0687. The van der Waals surface area contributed by atoms with Crippen molar-refractivity contribution >= 4 is 23.4 Å².